The number of rotatable bonds is 5. The molecule has 0 radical (unpaired) electrons. The van der Waals surface area contributed by atoms with Crippen LogP contribution in [0.5, 0.6) is 0 Å². The van der Waals surface area contributed by atoms with Crippen LogP contribution in [0, 0.1) is 0 Å². The molecule has 0 aliphatic carbocycles. The zero-order chi connectivity index (χ0) is 18.7. The van der Waals surface area contributed by atoms with Crippen molar-refractivity contribution in [3.8, 4) is 0 Å². The first-order chi connectivity index (χ1) is 12.4. The largest absolute Gasteiger partial charge is 0.338 e. The molecular weight excluding hydrogens is 397 g/mol. The molecule has 2 aromatic rings. The minimum absolute atomic E-state index is 0.174. The van der Waals surface area contributed by atoms with Gasteiger partial charge in [0, 0.05) is 30.1 Å². The van der Waals surface area contributed by atoms with Crippen LogP contribution in [0.4, 0.5) is 5.69 Å². The number of benzene rings is 2. The first-order valence-electron chi connectivity index (χ1n) is 8.01. The normalized spacial score (nSPS) is 13.8. The molecule has 0 bridgehead atoms. The second-order valence-corrected chi connectivity index (χ2v) is 7.19. The Kier molecular flexibility index (Phi) is 5.91. The van der Waals surface area contributed by atoms with Crippen LogP contribution in [0.2, 0.25) is 15.1 Å². The third kappa shape index (κ3) is 4.41. The van der Waals surface area contributed by atoms with E-state index in [1.54, 1.807) is 12.1 Å². The lowest BCUT2D eigenvalue weighted by Gasteiger charge is -2.16. The Morgan fingerprint density at radius 2 is 1.73 bits per heavy atom. The van der Waals surface area contributed by atoms with Crippen molar-refractivity contribution in [2.75, 3.05) is 12.0 Å². The molecule has 1 fully saturated rings. The zero-order valence-electron chi connectivity index (χ0n) is 13.7. The summed E-state index contributed by atoms with van der Waals surface area (Å²) in [5.74, 6) is -0.163. The van der Waals surface area contributed by atoms with Crippen molar-refractivity contribution in [3.05, 3.63) is 62.6 Å². The van der Waals surface area contributed by atoms with E-state index >= 15 is 0 Å². The van der Waals surface area contributed by atoms with Crippen molar-refractivity contribution in [2.24, 2.45) is 0 Å². The standard InChI is InChI=1S/C18H16Cl3N3O2/c19-13-8-14(20)17(15(21)9-13)22-23-18(26)12-5-3-11(4-6-12)10-24-7-1-2-16(24)25/h3-6,8-9,22H,1-2,7,10H2,(H,23,26). The summed E-state index contributed by atoms with van der Waals surface area (Å²) in [4.78, 5) is 25.8. The van der Waals surface area contributed by atoms with Crippen LogP contribution in [0.1, 0.15) is 28.8 Å². The molecule has 0 saturated carbocycles. The predicted octanol–water partition coefficient (Wildman–Crippen LogP) is 4.53. The van der Waals surface area contributed by atoms with Crippen LogP contribution in [0.25, 0.3) is 0 Å². The van der Waals surface area contributed by atoms with Crippen molar-refractivity contribution < 1.29 is 9.59 Å². The van der Waals surface area contributed by atoms with Crippen molar-refractivity contribution in [1.82, 2.24) is 10.3 Å². The summed E-state index contributed by atoms with van der Waals surface area (Å²) in [6.45, 7) is 1.35. The fourth-order valence-electron chi connectivity index (χ4n) is 2.71. The molecule has 5 nitrogen and oxygen atoms in total. The van der Waals surface area contributed by atoms with E-state index in [0.717, 1.165) is 18.5 Å². The molecule has 26 heavy (non-hydrogen) atoms. The summed E-state index contributed by atoms with van der Waals surface area (Å²) >= 11 is 18.0. The molecule has 0 spiro atoms. The van der Waals surface area contributed by atoms with Crippen molar-refractivity contribution in [1.29, 1.82) is 0 Å². The fraction of sp³-hybridized carbons (Fsp3) is 0.222. The smallest absolute Gasteiger partial charge is 0.269 e. The first kappa shape index (κ1) is 18.8. The highest BCUT2D eigenvalue weighted by atomic mass is 35.5. The summed E-state index contributed by atoms with van der Waals surface area (Å²) in [5, 5.41) is 1.01. The number of hydrogen-bond donors (Lipinski definition) is 2. The van der Waals surface area contributed by atoms with Crippen LogP contribution < -0.4 is 10.9 Å². The van der Waals surface area contributed by atoms with Gasteiger partial charge in [0.05, 0.1) is 15.7 Å². The van der Waals surface area contributed by atoms with Crippen LogP contribution in [-0.2, 0) is 11.3 Å². The van der Waals surface area contributed by atoms with E-state index in [0.29, 0.717) is 39.3 Å². The average Bonchev–Trinajstić information content (AvgIpc) is 2.99. The minimum atomic E-state index is -0.337. The zero-order valence-corrected chi connectivity index (χ0v) is 16.0. The van der Waals surface area contributed by atoms with Crippen LogP contribution in [-0.4, -0.2) is 23.3 Å². The Hall–Kier alpha value is -1.95. The van der Waals surface area contributed by atoms with Gasteiger partial charge < -0.3 is 4.90 Å². The lowest BCUT2D eigenvalue weighted by molar-refractivity contribution is -0.128. The van der Waals surface area contributed by atoms with E-state index in [1.807, 2.05) is 17.0 Å². The van der Waals surface area contributed by atoms with Crippen LogP contribution in [0.15, 0.2) is 36.4 Å². The number of halogens is 3. The van der Waals surface area contributed by atoms with Crippen LogP contribution in [0.3, 0.4) is 0 Å². The Morgan fingerprint density at radius 1 is 1.08 bits per heavy atom. The molecule has 1 saturated heterocycles. The SMILES string of the molecule is O=C(NNc1c(Cl)cc(Cl)cc1Cl)c1ccc(CN2CCCC2=O)cc1. The molecule has 3 rings (SSSR count). The third-order valence-corrected chi connectivity index (χ3v) is 4.88. The maximum atomic E-state index is 12.3. The molecule has 1 heterocycles. The Balaban J connectivity index is 1.61. The molecule has 2 amide bonds. The van der Waals surface area contributed by atoms with Crippen molar-refractivity contribution >= 4 is 52.3 Å². The Morgan fingerprint density at radius 3 is 2.31 bits per heavy atom. The predicted molar refractivity (Wildman–Crippen MR) is 104 cm³/mol. The number of nitrogens with zero attached hydrogens (tertiary/aromatic N) is 1. The highest BCUT2D eigenvalue weighted by Gasteiger charge is 2.20. The molecular formula is C18H16Cl3N3O2. The summed E-state index contributed by atoms with van der Waals surface area (Å²) in [7, 11) is 0. The number of nitrogens with one attached hydrogen (secondary N) is 2. The third-order valence-electron chi connectivity index (χ3n) is 4.07. The number of carbonyl (C=O) groups excluding carboxylic acids is 2. The summed E-state index contributed by atoms with van der Waals surface area (Å²) in [5.41, 5.74) is 7.08. The minimum Gasteiger partial charge on any atom is -0.338 e. The van der Waals surface area contributed by atoms with Gasteiger partial charge in [-0.3, -0.25) is 20.4 Å². The van der Waals surface area contributed by atoms with Gasteiger partial charge >= 0.3 is 0 Å². The molecule has 0 unspecified atom stereocenters. The van der Waals surface area contributed by atoms with Gasteiger partial charge in [0.1, 0.15) is 0 Å². The second-order valence-electron chi connectivity index (χ2n) is 5.94. The number of hydrogen-bond acceptors (Lipinski definition) is 3. The molecule has 1 aliphatic heterocycles. The van der Waals surface area contributed by atoms with Gasteiger partial charge in [0.2, 0.25) is 5.91 Å². The molecule has 8 heteroatoms. The van der Waals surface area contributed by atoms with Gasteiger partial charge in [-0.05, 0) is 36.2 Å². The van der Waals surface area contributed by atoms with Crippen molar-refractivity contribution in [2.45, 2.75) is 19.4 Å². The topological polar surface area (TPSA) is 61.4 Å². The van der Waals surface area contributed by atoms with Crippen LogP contribution >= 0.6 is 34.8 Å². The summed E-state index contributed by atoms with van der Waals surface area (Å²) < 4.78 is 0. The lowest BCUT2D eigenvalue weighted by atomic mass is 10.1. The Labute approximate surface area is 166 Å². The van der Waals surface area contributed by atoms with E-state index in [4.69, 9.17) is 34.8 Å². The van der Waals surface area contributed by atoms with Gasteiger partial charge in [0.15, 0.2) is 0 Å². The van der Waals surface area contributed by atoms with Gasteiger partial charge in [-0.25, -0.2) is 0 Å². The van der Waals surface area contributed by atoms with Gasteiger partial charge in [-0.15, -0.1) is 0 Å². The quantitative estimate of drug-likeness (QED) is 0.710. The average molecular weight is 413 g/mol. The highest BCUT2D eigenvalue weighted by molar-refractivity contribution is 6.41. The van der Waals surface area contributed by atoms with Crippen molar-refractivity contribution in [3.63, 3.8) is 0 Å². The van der Waals surface area contributed by atoms with E-state index in [-0.39, 0.29) is 11.8 Å². The number of amides is 2. The van der Waals surface area contributed by atoms with Gasteiger partial charge in [-0.2, -0.15) is 0 Å². The first-order valence-corrected chi connectivity index (χ1v) is 9.15. The van der Waals surface area contributed by atoms with E-state index in [1.165, 1.54) is 12.1 Å². The molecule has 2 N–H and O–H groups in total. The maximum absolute atomic E-state index is 12.3. The number of anilines is 1. The van der Waals surface area contributed by atoms with Gasteiger partial charge in [0.25, 0.3) is 5.91 Å². The molecule has 2 aromatic carbocycles. The molecule has 0 atom stereocenters. The second kappa shape index (κ2) is 8.16. The monoisotopic (exact) mass is 411 g/mol. The number of likely N-dealkylation sites (tertiary alicyclic amines) is 1. The fourth-order valence-corrected chi connectivity index (χ4v) is 3.62. The van der Waals surface area contributed by atoms with Gasteiger partial charge in [-0.1, -0.05) is 46.9 Å². The van der Waals surface area contributed by atoms with E-state index in [9.17, 15) is 9.59 Å². The molecule has 1 aliphatic rings. The Bertz CT molecular complexity index is 817. The van der Waals surface area contributed by atoms with E-state index in [2.05, 4.69) is 10.9 Å². The van der Waals surface area contributed by atoms with E-state index < -0.39 is 0 Å². The number of carbonyl (C=O) groups is 2. The summed E-state index contributed by atoms with van der Waals surface area (Å²) in [6, 6.07) is 10.1. The molecule has 0 aromatic heterocycles. The highest BCUT2D eigenvalue weighted by Crippen LogP contribution is 2.33. The summed E-state index contributed by atoms with van der Waals surface area (Å²) in [6.07, 6.45) is 1.52. The lowest BCUT2D eigenvalue weighted by Crippen LogP contribution is -2.29. The maximum Gasteiger partial charge on any atom is 0.269 e. The molecule has 136 valence electrons. The number of hydrazine groups is 1.